The molecule has 3 rings (SSSR count). The fourth-order valence-electron chi connectivity index (χ4n) is 2.70. The predicted molar refractivity (Wildman–Crippen MR) is 122 cm³/mol. The number of nitrogens with zero attached hydrogens (tertiary/aromatic N) is 2. The molecule has 0 unspecified atom stereocenters. The summed E-state index contributed by atoms with van der Waals surface area (Å²) in [5.41, 5.74) is 1.54. The molecule has 2 aromatic carbocycles. The van der Waals surface area contributed by atoms with Crippen LogP contribution < -0.4 is 4.74 Å². The molecule has 1 fully saturated rings. The summed E-state index contributed by atoms with van der Waals surface area (Å²) >= 11 is 4.34. The van der Waals surface area contributed by atoms with Crippen LogP contribution in [0.4, 0.5) is 4.79 Å². The summed E-state index contributed by atoms with van der Waals surface area (Å²) in [5, 5.41) is 0. The summed E-state index contributed by atoms with van der Waals surface area (Å²) in [5.74, 6) is -0.674. The van der Waals surface area contributed by atoms with Crippen LogP contribution >= 0.6 is 45.2 Å². The standard InChI is InChI=1S/C20H16I2N2O4/c1-23-18(25)15(19(26)24(2)20(23)27)9-13-8-14(21)10-16(22)17(13)28-11-12-6-4-3-5-7-12/h3-10H,11H2,1-2H3. The lowest BCUT2D eigenvalue weighted by Gasteiger charge is -2.29. The van der Waals surface area contributed by atoms with Gasteiger partial charge >= 0.3 is 6.03 Å². The maximum atomic E-state index is 12.5. The van der Waals surface area contributed by atoms with Gasteiger partial charge in [0.1, 0.15) is 17.9 Å². The third-order valence-electron chi connectivity index (χ3n) is 4.21. The monoisotopic (exact) mass is 602 g/mol. The average molecular weight is 602 g/mol. The molecule has 2 aromatic rings. The zero-order valence-corrected chi connectivity index (χ0v) is 19.4. The lowest BCUT2D eigenvalue weighted by Crippen LogP contribution is -2.52. The van der Waals surface area contributed by atoms with Crippen LogP contribution in [0.2, 0.25) is 0 Å². The van der Waals surface area contributed by atoms with Crippen molar-refractivity contribution in [2.24, 2.45) is 0 Å². The van der Waals surface area contributed by atoms with E-state index in [4.69, 9.17) is 4.74 Å². The van der Waals surface area contributed by atoms with E-state index in [9.17, 15) is 14.4 Å². The molecule has 0 aliphatic carbocycles. The van der Waals surface area contributed by atoms with E-state index in [2.05, 4.69) is 45.2 Å². The summed E-state index contributed by atoms with van der Waals surface area (Å²) in [7, 11) is 2.71. The van der Waals surface area contributed by atoms with E-state index in [0.717, 1.165) is 22.5 Å². The number of carbonyl (C=O) groups is 3. The molecule has 4 amide bonds. The van der Waals surface area contributed by atoms with Gasteiger partial charge in [-0.3, -0.25) is 19.4 Å². The van der Waals surface area contributed by atoms with E-state index < -0.39 is 17.8 Å². The van der Waals surface area contributed by atoms with E-state index in [1.165, 1.54) is 20.2 Å². The van der Waals surface area contributed by atoms with Gasteiger partial charge in [0.15, 0.2) is 0 Å². The normalized spacial score (nSPS) is 14.6. The van der Waals surface area contributed by atoms with Crippen molar-refractivity contribution in [3.05, 3.63) is 66.3 Å². The van der Waals surface area contributed by atoms with E-state index >= 15 is 0 Å². The number of ether oxygens (including phenoxy) is 1. The number of halogens is 2. The lowest BCUT2D eigenvalue weighted by atomic mass is 10.1. The Morgan fingerprint density at radius 3 is 2.18 bits per heavy atom. The summed E-state index contributed by atoms with van der Waals surface area (Å²) in [6, 6.07) is 12.9. The van der Waals surface area contributed by atoms with Gasteiger partial charge < -0.3 is 4.74 Å². The van der Waals surface area contributed by atoms with Crippen molar-refractivity contribution >= 4 is 69.1 Å². The van der Waals surface area contributed by atoms with Gasteiger partial charge in [-0.25, -0.2) is 4.79 Å². The Labute approximate surface area is 189 Å². The molecule has 0 spiro atoms. The number of benzene rings is 2. The number of likely N-dealkylation sites (N-methyl/N-ethyl adjacent to an activating group) is 2. The maximum Gasteiger partial charge on any atom is 0.333 e. The maximum absolute atomic E-state index is 12.5. The summed E-state index contributed by atoms with van der Waals surface area (Å²) < 4.78 is 7.82. The van der Waals surface area contributed by atoms with Gasteiger partial charge in [0.25, 0.3) is 11.8 Å². The Kier molecular flexibility index (Phi) is 6.38. The highest BCUT2D eigenvalue weighted by Crippen LogP contribution is 2.32. The minimum Gasteiger partial charge on any atom is -0.487 e. The van der Waals surface area contributed by atoms with Crippen molar-refractivity contribution in [3.63, 3.8) is 0 Å². The van der Waals surface area contributed by atoms with Crippen LogP contribution in [0.1, 0.15) is 11.1 Å². The molecular formula is C20H16I2N2O4. The van der Waals surface area contributed by atoms with Crippen molar-refractivity contribution in [1.82, 2.24) is 9.80 Å². The Hall–Kier alpha value is -1.95. The number of rotatable bonds is 4. The number of imide groups is 2. The molecule has 8 heteroatoms. The number of urea groups is 1. The molecule has 1 aliphatic rings. The first-order valence-electron chi connectivity index (χ1n) is 8.27. The van der Waals surface area contributed by atoms with Crippen LogP contribution in [0.15, 0.2) is 48.0 Å². The highest BCUT2D eigenvalue weighted by Gasteiger charge is 2.38. The van der Waals surface area contributed by atoms with Crippen LogP contribution in [-0.4, -0.2) is 41.7 Å². The van der Waals surface area contributed by atoms with E-state index in [1.54, 1.807) is 0 Å². The zero-order chi connectivity index (χ0) is 20.4. The van der Waals surface area contributed by atoms with Crippen molar-refractivity contribution in [3.8, 4) is 5.75 Å². The van der Waals surface area contributed by atoms with Gasteiger partial charge in [0, 0.05) is 23.2 Å². The molecule has 0 radical (unpaired) electrons. The van der Waals surface area contributed by atoms with Crippen molar-refractivity contribution < 1.29 is 19.1 Å². The molecule has 0 aromatic heterocycles. The second-order valence-electron chi connectivity index (χ2n) is 6.15. The smallest absolute Gasteiger partial charge is 0.333 e. The average Bonchev–Trinajstić information content (AvgIpc) is 2.68. The first-order valence-corrected chi connectivity index (χ1v) is 10.4. The van der Waals surface area contributed by atoms with Gasteiger partial charge in [0.05, 0.1) is 3.57 Å². The lowest BCUT2D eigenvalue weighted by molar-refractivity contribution is -0.134. The Morgan fingerprint density at radius 1 is 0.964 bits per heavy atom. The number of amides is 4. The van der Waals surface area contributed by atoms with Crippen LogP contribution in [0.5, 0.6) is 5.75 Å². The predicted octanol–water partition coefficient (Wildman–Crippen LogP) is 3.91. The molecule has 0 saturated carbocycles. The molecular weight excluding hydrogens is 586 g/mol. The fourth-order valence-corrected chi connectivity index (χ4v) is 4.75. The third-order valence-corrected chi connectivity index (χ3v) is 5.63. The topological polar surface area (TPSA) is 66.9 Å². The summed E-state index contributed by atoms with van der Waals surface area (Å²) in [6.07, 6.45) is 1.49. The van der Waals surface area contributed by atoms with Crippen molar-refractivity contribution in [2.45, 2.75) is 6.61 Å². The highest BCUT2D eigenvalue weighted by atomic mass is 127. The summed E-state index contributed by atoms with van der Waals surface area (Å²) in [4.78, 5) is 38.8. The molecule has 0 atom stereocenters. The molecule has 0 bridgehead atoms. The van der Waals surface area contributed by atoms with Crippen LogP contribution in [-0.2, 0) is 16.2 Å². The minimum atomic E-state index is -0.648. The van der Waals surface area contributed by atoms with Gasteiger partial charge in [-0.15, -0.1) is 0 Å². The quantitative estimate of drug-likeness (QED) is 0.303. The SMILES string of the molecule is CN1C(=O)C(=Cc2cc(I)cc(I)c2OCc2ccccc2)C(=O)N(C)C1=O. The highest BCUT2D eigenvalue weighted by molar-refractivity contribution is 14.1. The molecule has 6 nitrogen and oxygen atoms in total. The van der Waals surface area contributed by atoms with Crippen molar-refractivity contribution in [1.29, 1.82) is 0 Å². The third kappa shape index (κ3) is 4.22. The molecule has 144 valence electrons. The fraction of sp³-hybridized carbons (Fsp3) is 0.150. The second-order valence-corrected chi connectivity index (χ2v) is 8.56. The largest absolute Gasteiger partial charge is 0.487 e. The first kappa shape index (κ1) is 20.8. The first-order chi connectivity index (χ1) is 13.3. The Bertz CT molecular complexity index is 963. The van der Waals surface area contributed by atoms with Crippen LogP contribution in [0, 0.1) is 7.14 Å². The molecule has 1 saturated heterocycles. The van der Waals surface area contributed by atoms with Crippen molar-refractivity contribution in [2.75, 3.05) is 14.1 Å². The van der Waals surface area contributed by atoms with Gasteiger partial charge in [-0.05, 0) is 69.0 Å². The molecule has 1 aliphatic heterocycles. The number of hydrogen-bond acceptors (Lipinski definition) is 4. The van der Waals surface area contributed by atoms with E-state index in [1.807, 2.05) is 42.5 Å². The molecule has 28 heavy (non-hydrogen) atoms. The van der Waals surface area contributed by atoms with Gasteiger partial charge in [-0.2, -0.15) is 0 Å². The second kappa shape index (κ2) is 8.60. The van der Waals surface area contributed by atoms with E-state index in [0.29, 0.717) is 17.9 Å². The van der Waals surface area contributed by atoms with Crippen LogP contribution in [0.3, 0.4) is 0 Å². The number of barbiturate groups is 1. The Balaban J connectivity index is 2.01. The zero-order valence-electron chi connectivity index (χ0n) is 15.1. The minimum absolute atomic E-state index is 0.0769. The van der Waals surface area contributed by atoms with Gasteiger partial charge in [0.2, 0.25) is 0 Å². The number of carbonyl (C=O) groups excluding carboxylic acids is 3. The van der Waals surface area contributed by atoms with Gasteiger partial charge in [-0.1, -0.05) is 30.3 Å². The molecule has 1 heterocycles. The Morgan fingerprint density at radius 2 is 1.57 bits per heavy atom. The number of hydrogen-bond donors (Lipinski definition) is 0. The van der Waals surface area contributed by atoms with E-state index in [-0.39, 0.29) is 5.57 Å². The summed E-state index contributed by atoms with van der Waals surface area (Å²) in [6.45, 7) is 0.355. The van der Waals surface area contributed by atoms with Crippen LogP contribution in [0.25, 0.3) is 6.08 Å². The molecule has 0 N–H and O–H groups in total.